The lowest BCUT2D eigenvalue weighted by atomic mass is 9.97. The van der Waals surface area contributed by atoms with Crippen molar-refractivity contribution in [1.82, 2.24) is 24.6 Å². The Bertz CT molecular complexity index is 813. The maximum absolute atomic E-state index is 12.7. The minimum atomic E-state index is -0.0429. The Morgan fingerprint density at radius 2 is 2.04 bits per heavy atom. The maximum Gasteiger partial charge on any atom is 0.321 e. The number of urea groups is 1. The van der Waals surface area contributed by atoms with Crippen LogP contribution < -0.4 is 5.32 Å². The molecule has 0 saturated carbocycles. The van der Waals surface area contributed by atoms with Crippen LogP contribution in [0, 0.1) is 13.8 Å². The molecule has 3 rings (SSSR count). The molecule has 1 atom stereocenters. The third-order valence-corrected chi connectivity index (χ3v) is 5.29. The van der Waals surface area contributed by atoms with Crippen molar-refractivity contribution >= 4 is 11.7 Å². The first kappa shape index (κ1) is 19.4. The van der Waals surface area contributed by atoms with E-state index in [1.807, 2.05) is 44.2 Å². The minimum absolute atomic E-state index is 0.0429. The van der Waals surface area contributed by atoms with Crippen molar-refractivity contribution in [3.05, 3.63) is 41.0 Å². The molecule has 0 radical (unpaired) electrons. The predicted molar refractivity (Wildman–Crippen MR) is 107 cm³/mol. The molecule has 2 amide bonds. The van der Waals surface area contributed by atoms with Gasteiger partial charge in [-0.2, -0.15) is 0 Å². The summed E-state index contributed by atoms with van der Waals surface area (Å²) in [4.78, 5) is 16.7. The van der Waals surface area contributed by atoms with Gasteiger partial charge in [-0.15, -0.1) is 10.2 Å². The van der Waals surface area contributed by atoms with Crippen LogP contribution in [0.2, 0.25) is 0 Å². The number of nitrogens with one attached hydrogen (secondary N) is 1. The number of nitrogens with zero attached hydrogens (tertiary/aromatic N) is 5. The van der Waals surface area contributed by atoms with E-state index in [9.17, 15) is 4.79 Å². The number of benzene rings is 1. The van der Waals surface area contributed by atoms with Gasteiger partial charge in [-0.25, -0.2) is 4.79 Å². The fourth-order valence-corrected chi connectivity index (χ4v) is 3.55. The molecule has 1 saturated heterocycles. The molecule has 2 heterocycles. The Morgan fingerprint density at radius 3 is 2.74 bits per heavy atom. The first-order valence-electron chi connectivity index (χ1n) is 9.51. The Balaban J connectivity index is 1.67. The van der Waals surface area contributed by atoms with Crippen molar-refractivity contribution in [2.75, 3.05) is 32.5 Å². The number of carbonyl (C=O) groups excluding carboxylic acids is 1. The highest BCUT2D eigenvalue weighted by molar-refractivity contribution is 5.89. The zero-order valence-electron chi connectivity index (χ0n) is 17.0. The van der Waals surface area contributed by atoms with Gasteiger partial charge in [0.25, 0.3) is 0 Å². The van der Waals surface area contributed by atoms with E-state index in [4.69, 9.17) is 0 Å². The maximum atomic E-state index is 12.7. The van der Waals surface area contributed by atoms with E-state index in [1.54, 1.807) is 0 Å². The highest BCUT2D eigenvalue weighted by Gasteiger charge is 2.28. The highest BCUT2D eigenvalue weighted by atomic mass is 16.2. The molecule has 0 unspecified atom stereocenters. The molecule has 1 fully saturated rings. The van der Waals surface area contributed by atoms with Gasteiger partial charge in [0.05, 0.1) is 6.54 Å². The summed E-state index contributed by atoms with van der Waals surface area (Å²) in [5, 5.41) is 11.8. The zero-order chi connectivity index (χ0) is 19.6. The molecule has 2 aromatic rings. The molecule has 1 aliphatic rings. The van der Waals surface area contributed by atoms with E-state index < -0.39 is 0 Å². The van der Waals surface area contributed by atoms with E-state index >= 15 is 0 Å². The van der Waals surface area contributed by atoms with E-state index in [0.717, 1.165) is 43.3 Å². The van der Waals surface area contributed by atoms with Gasteiger partial charge < -0.3 is 19.7 Å². The third-order valence-electron chi connectivity index (χ3n) is 5.29. The fraction of sp³-hybridized carbons (Fsp3) is 0.550. The largest absolute Gasteiger partial charge is 0.324 e. The number of carbonyl (C=O) groups is 1. The fourth-order valence-electron chi connectivity index (χ4n) is 3.55. The van der Waals surface area contributed by atoms with Crippen LogP contribution in [-0.2, 0) is 13.6 Å². The molecular weight excluding hydrogens is 340 g/mol. The lowest BCUT2D eigenvalue weighted by Gasteiger charge is -2.32. The summed E-state index contributed by atoms with van der Waals surface area (Å²) in [6, 6.07) is 5.97. The van der Waals surface area contributed by atoms with Crippen molar-refractivity contribution in [3.8, 4) is 0 Å². The van der Waals surface area contributed by atoms with Crippen LogP contribution in [-0.4, -0.2) is 57.8 Å². The van der Waals surface area contributed by atoms with Gasteiger partial charge in [0.2, 0.25) is 0 Å². The lowest BCUT2D eigenvalue weighted by Crippen LogP contribution is -2.42. The lowest BCUT2D eigenvalue weighted by molar-refractivity contribution is 0.190. The molecule has 1 aromatic carbocycles. The minimum Gasteiger partial charge on any atom is -0.324 e. The Kier molecular flexibility index (Phi) is 5.79. The van der Waals surface area contributed by atoms with Crippen LogP contribution in [0.15, 0.2) is 18.2 Å². The number of hydrogen-bond acceptors (Lipinski definition) is 4. The normalized spacial score (nSPS) is 17.4. The van der Waals surface area contributed by atoms with Crippen LogP contribution in [0.5, 0.6) is 0 Å². The van der Waals surface area contributed by atoms with Crippen LogP contribution in [0.4, 0.5) is 10.5 Å². The SMILES string of the molecule is Cc1ccc(NC(=O)N2CCC[C@@H](c3nnc(CN(C)C)n3C)C2)cc1C. The van der Waals surface area contributed by atoms with Gasteiger partial charge in [-0.3, -0.25) is 0 Å². The van der Waals surface area contributed by atoms with Crippen molar-refractivity contribution in [3.63, 3.8) is 0 Å². The zero-order valence-corrected chi connectivity index (χ0v) is 17.0. The first-order valence-corrected chi connectivity index (χ1v) is 9.51. The molecule has 146 valence electrons. The van der Waals surface area contributed by atoms with Crippen LogP contribution in [0.25, 0.3) is 0 Å². The van der Waals surface area contributed by atoms with E-state index in [2.05, 4.69) is 38.8 Å². The van der Waals surface area contributed by atoms with E-state index in [-0.39, 0.29) is 11.9 Å². The first-order chi connectivity index (χ1) is 12.8. The molecular formula is C20H30N6O. The van der Waals surface area contributed by atoms with Crippen molar-refractivity contribution in [2.45, 2.75) is 39.2 Å². The molecule has 0 bridgehead atoms. The molecule has 0 aliphatic carbocycles. The third kappa shape index (κ3) is 4.47. The number of aryl methyl sites for hydroxylation is 2. The van der Waals surface area contributed by atoms with Crippen LogP contribution in [0.1, 0.15) is 41.5 Å². The number of anilines is 1. The summed E-state index contributed by atoms with van der Waals surface area (Å²) in [7, 11) is 6.06. The Labute approximate surface area is 161 Å². The highest BCUT2D eigenvalue weighted by Crippen LogP contribution is 2.26. The van der Waals surface area contributed by atoms with Gasteiger partial charge >= 0.3 is 6.03 Å². The van der Waals surface area contributed by atoms with E-state index in [1.165, 1.54) is 11.1 Å². The number of likely N-dealkylation sites (tertiary alicyclic amines) is 1. The average molecular weight is 371 g/mol. The Hall–Kier alpha value is -2.41. The molecule has 0 spiro atoms. The quantitative estimate of drug-likeness (QED) is 0.899. The monoisotopic (exact) mass is 370 g/mol. The van der Waals surface area contributed by atoms with Crippen molar-refractivity contribution in [2.24, 2.45) is 7.05 Å². The number of aromatic nitrogens is 3. The molecule has 1 aromatic heterocycles. The average Bonchev–Trinajstić information content (AvgIpc) is 2.98. The van der Waals surface area contributed by atoms with Gasteiger partial charge in [0.1, 0.15) is 11.6 Å². The van der Waals surface area contributed by atoms with Gasteiger partial charge in [0.15, 0.2) is 0 Å². The number of hydrogen-bond donors (Lipinski definition) is 1. The summed E-state index contributed by atoms with van der Waals surface area (Å²) in [6.07, 6.45) is 2.00. The van der Waals surface area contributed by atoms with Gasteiger partial charge in [-0.1, -0.05) is 6.07 Å². The van der Waals surface area contributed by atoms with Crippen LogP contribution >= 0.6 is 0 Å². The second-order valence-corrected chi connectivity index (χ2v) is 7.79. The number of amides is 2. The van der Waals surface area contributed by atoms with E-state index in [0.29, 0.717) is 6.54 Å². The summed E-state index contributed by atoms with van der Waals surface area (Å²) < 4.78 is 2.08. The molecule has 1 N–H and O–H groups in total. The number of piperidine rings is 1. The molecule has 1 aliphatic heterocycles. The smallest absolute Gasteiger partial charge is 0.321 e. The second-order valence-electron chi connectivity index (χ2n) is 7.79. The second kappa shape index (κ2) is 8.08. The summed E-state index contributed by atoms with van der Waals surface area (Å²) in [5.74, 6) is 2.14. The summed E-state index contributed by atoms with van der Waals surface area (Å²) in [6.45, 7) is 6.33. The Morgan fingerprint density at radius 1 is 1.26 bits per heavy atom. The molecule has 7 nitrogen and oxygen atoms in total. The summed E-state index contributed by atoms with van der Waals surface area (Å²) in [5.41, 5.74) is 3.25. The van der Waals surface area contributed by atoms with Gasteiger partial charge in [-0.05, 0) is 64.0 Å². The van der Waals surface area contributed by atoms with Gasteiger partial charge in [0, 0.05) is 31.7 Å². The topological polar surface area (TPSA) is 66.3 Å². The summed E-state index contributed by atoms with van der Waals surface area (Å²) >= 11 is 0. The standard InChI is InChI=1S/C20H30N6O/c1-14-8-9-17(11-15(14)2)21-20(27)26-10-6-7-16(12-26)19-23-22-18(25(19)5)13-24(3)4/h8-9,11,16H,6-7,10,12-13H2,1-5H3,(H,21,27)/t16-/m1/s1. The molecule has 7 heteroatoms. The van der Waals surface area contributed by atoms with Crippen LogP contribution in [0.3, 0.4) is 0 Å². The number of rotatable bonds is 4. The van der Waals surface area contributed by atoms with Crippen molar-refractivity contribution in [1.29, 1.82) is 0 Å². The molecule has 27 heavy (non-hydrogen) atoms. The predicted octanol–water partition coefficient (Wildman–Crippen LogP) is 2.91. The van der Waals surface area contributed by atoms with Crippen molar-refractivity contribution < 1.29 is 4.79 Å².